The van der Waals surface area contributed by atoms with Gasteiger partial charge in [-0.25, -0.2) is 4.79 Å². The summed E-state index contributed by atoms with van der Waals surface area (Å²) in [6.07, 6.45) is -0.714. The minimum absolute atomic E-state index is 0.372. The average Bonchev–Trinajstić information content (AvgIpc) is 2.34. The molecule has 1 fully saturated rings. The van der Waals surface area contributed by atoms with E-state index >= 15 is 0 Å². The van der Waals surface area contributed by atoms with Gasteiger partial charge in [-0.05, 0) is 0 Å². The summed E-state index contributed by atoms with van der Waals surface area (Å²) in [6, 6.07) is 0. The van der Waals surface area contributed by atoms with Crippen molar-refractivity contribution < 1.29 is 24.2 Å². The smallest absolute Gasteiger partial charge is 0.343 e. The lowest BCUT2D eigenvalue weighted by Crippen LogP contribution is -2.22. The first kappa shape index (κ1) is 9.34. The van der Waals surface area contributed by atoms with Crippen LogP contribution < -0.4 is 0 Å². The molecule has 0 bridgehead atoms. The second-order valence-electron chi connectivity index (χ2n) is 2.18. The van der Waals surface area contributed by atoms with E-state index in [1.807, 2.05) is 0 Å². The molecule has 0 spiro atoms. The summed E-state index contributed by atoms with van der Waals surface area (Å²) in [4.78, 5) is 20.8. The lowest BCUT2D eigenvalue weighted by Gasteiger charge is -2.08. The number of thioether (sulfide) groups is 1. The van der Waals surface area contributed by atoms with E-state index in [0.717, 1.165) is 11.8 Å². The Balaban J connectivity index is 2.35. The van der Waals surface area contributed by atoms with E-state index in [1.165, 1.54) is 6.92 Å². The van der Waals surface area contributed by atoms with Crippen LogP contribution in [0.5, 0.6) is 0 Å². The van der Waals surface area contributed by atoms with Crippen molar-refractivity contribution in [3.63, 3.8) is 0 Å². The number of esters is 1. The normalized spacial score (nSPS) is 28.4. The van der Waals surface area contributed by atoms with Crippen LogP contribution in [0.15, 0.2) is 0 Å². The fourth-order valence-corrected chi connectivity index (χ4v) is 1.58. The molecule has 1 aliphatic rings. The Morgan fingerprint density at radius 1 is 1.67 bits per heavy atom. The van der Waals surface area contributed by atoms with E-state index < -0.39 is 23.7 Å². The molecule has 0 aromatic carbocycles. The highest BCUT2D eigenvalue weighted by molar-refractivity contribution is 8.00. The molecule has 1 N–H and O–H groups in total. The molecule has 1 saturated heterocycles. The minimum Gasteiger partial charge on any atom is -0.479 e. The van der Waals surface area contributed by atoms with E-state index in [4.69, 9.17) is 9.84 Å². The highest BCUT2D eigenvalue weighted by Crippen LogP contribution is 2.25. The van der Waals surface area contributed by atoms with Crippen molar-refractivity contribution >= 4 is 23.7 Å². The number of rotatable bonds is 2. The zero-order valence-electron chi connectivity index (χ0n) is 6.35. The third-order valence-corrected chi connectivity index (χ3v) is 2.24. The van der Waals surface area contributed by atoms with Gasteiger partial charge in [0.2, 0.25) is 11.7 Å². The Morgan fingerprint density at radius 2 is 2.33 bits per heavy atom. The van der Waals surface area contributed by atoms with Crippen LogP contribution in [0.2, 0.25) is 0 Å². The van der Waals surface area contributed by atoms with Crippen LogP contribution in [0.4, 0.5) is 0 Å². The van der Waals surface area contributed by atoms with Crippen LogP contribution in [-0.4, -0.2) is 34.5 Å². The predicted molar refractivity (Wildman–Crippen MR) is 40.5 cm³/mol. The largest absolute Gasteiger partial charge is 0.479 e. The number of hydrogen-bond donors (Lipinski definition) is 1. The molecular weight excluding hydrogens is 184 g/mol. The van der Waals surface area contributed by atoms with Crippen molar-refractivity contribution in [3.05, 3.63) is 0 Å². The van der Waals surface area contributed by atoms with Crippen LogP contribution in [0.3, 0.4) is 0 Å². The number of aliphatic carboxylic acids is 1. The molecule has 0 amide bonds. The molecule has 68 valence electrons. The molecule has 1 rings (SSSR count). The quantitative estimate of drug-likeness (QED) is 0.623. The second kappa shape index (κ2) is 3.77. The van der Waals surface area contributed by atoms with Gasteiger partial charge in [0.25, 0.3) is 0 Å². The van der Waals surface area contributed by atoms with E-state index in [-0.39, 0.29) is 0 Å². The van der Waals surface area contributed by atoms with Gasteiger partial charge in [-0.15, -0.1) is 11.8 Å². The first-order valence-electron chi connectivity index (χ1n) is 3.26. The summed E-state index contributed by atoms with van der Waals surface area (Å²) in [7, 11) is 0. The van der Waals surface area contributed by atoms with Crippen LogP contribution in [-0.2, 0) is 19.1 Å². The summed E-state index contributed by atoms with van der Waals surface area (Å²) in [6.45, 7) is 1.25. The molecule has 1 heterocycles. The second-order valence-corrected chi connectivity index (χ2v) is 3.27. The standard InChI is InChI=1S/C6H8O5S/c1-3(7)10-4-2-12-6(11-4)5(8)9/h4,6H,2H2,1H3,(H,8,9)/t4-,6+/m0/s1. The Bertz CT molecular complexity index is 204. The first-order valence-corrected chi connectivity index (χ1v) is 4.31. The SMILES string of the molecule is CC(=O)O[C@@H]1CS[C@H](C(=O)O)O1. The molecule has 12 heavy (non-hydrogen) atoms. The Labute approximate surface area is 73.0 Å². The van der Waals surface area contributed by atoms with E-state index in [1.54, 1.807) is 0 Å². The summed E-state index contributed by atoms with van der Waals surface area (Å²) in [5.41, 5.74) is -0.908. The molecule has 6 heteroatoms. The Kier molecular flexibility index (Phi) is 2.93. The number of carboxylic acid groups (broad SMARTS) is 1. The molecule has 0 radical (unpaired) electrons. The summed E-state index contributed by atoms with van der Waals surface area (Å²) in [5, 5.41) is 8.48. The van der Waals surface area contributed by atoms with Gasteiger partial charge in [0, 0.05) is 6.92 Å². The van der Waals surface area contributed by atoms with Crippen LogP contribution in [0.1, 0.15) is 6.92 Å². The molecule has 1 aliphatic heterocycles. The van der Waals surface area contributed by atoms with Gasteiger partial charge < -0.3 is 14.6 Å². The number of ether oxygens (including phenoxy) is 2. The number of carboxylic acids is 1. The molecule has 0 aromatic rings. The van der Waals surface area contributed by atoms with Gasteiger partial charge in [0.1, 0.15) is 0 Å². The van der Waals surface area contributed by atoms with Crippen molar-refractivity contribution in [2.24, 2.45) is 0 Å². The highest BCUT2D eigenvalue weighted by atomic mass is 32.2. The van der Waals surface area contributed by atoms with Crippen molar-refractivity contribution in [1.29, 1.82) is 0 Å². The maximum absolute atomic E-state index is 10.4. The molecule has 0 saturated carbocycles. The predicted octanol–water partition coefficient (Wildman–Crippen LogP) is 0.0497. The molecule has 0 aromatic heterocycles. The molecule has 0 unspecified atom stereocenters. The van der Waals surface area contributed by atoms with Crippen LogP contribution in [0.25, 0.3) is 0 Å². The van der Waals surface area contributed by atoms with E-state index in [0.29, 0.717) is 5.75 Å². The zero-order valence-corrected chi connectivity index (χ0v) is 7.17. The number of hydrogen-bond acceptors (Lipinski definition) is 5. The van der Waals surface area contributed by atoms with Crippen LogP contribution in [0, 0.1) is 0 Å². The van der Waals surface area contributed by atoms with Gasteiger partial charge in [0.05, 0.1) is 5.75 Å². The minimum atomic E-state index is -1.05. The van der Waals surface area contributed by atoms with Gasteiger partial charge in [0.15, 0.2) is 0 Å². The summed E-state index contributed by atoms with van der Waals surface area (Å²) >= 11 is 1.10. The Hall–Kier alpha value is -0.750. The van der Waals surface area contributed by atoms with Gasteiger partial charge >= 0.3 is 11.9 Å². The van der Waals surface area contributed by atoms with Crippen molar-refractivity contribution in [2.75, 3.05) is 5.75 Å². The lowest BCUT2D eigenvalue weighted by molar-refractivity contribution is -0.177. The van der Waals surface area contributed by atoms with E-state index in [2.05, 4.69) is 4.74 Å². The third-order valence-electron chi connectivity index (χ3n) is 1.16. The van der Waals surface area contributed by atoms with Crippen molar-refractivity contribution in [3.8, 4) is 0 Å². The number of carbonyl (C=O) groups is 2. The van der Waals surface area contributed by atoms with Crippen molar-refractivity contribution in [2.45, 2.75) is 18.6 Å². The zero-order chi connectivity index (χ0) is 9.14. The monoisotopic (exact) mass is 192 g/mol. The first-order chi connectivity index (χ1) is 5.59. The Morgan fingerprint density at radius 3 is 2.75 bits per heavy atom. The summed E-state index contributed by atoms with van der Waals surface area (Å²) in [5.74, 6) is -1.14. The molecule has 2 atom stereocenters. The van der Waals surface area contributed by atoms with Crippen LogP contribution >= 0.6 is 11.8 Å². The highest BCUT2D eigenvalue weighted by Gasteiger charge is 2.32. The molecular formula is C6H8O5S. The third kappa shape index (κ3) is 2.38. The van der Waals surface area contributed by atoms with Gasteiger partial charge in [-0.1, -0.05) is 0 Å². The average molecular weight is 192 g/mol. The van der Waals surface area contributed by atoms with Gasteiger partial charge in [-0.3, -0.25) is 4.79 Å². The van der Waals surface area contributed by atoms with Gasteiger partial charge in [-0.2, -0.15) is 0 Å². The molecule has 5 nitrogen and oxygen atoms in total. The van der Waals surface area contributed by atoms with E-state index in [9.17, 15) is 9.59 Å². The topological polar surface area (TPSA) is 72.8 Å². The maximum Gasteiger partial charge on any atom is 0.343 e. The van der Waals surface area contributed by atoms with Crippen molar-refractivity contribution in [1.82, 2.24) is 0 Å². The fourth-order valence-electron chi connectivity index (χ4n) is 0.759. The lowest BCUT2D eigenvalue weighted by atomic mass is 10.7. The fraction of sp³-hybridized carbons (Fsp3) is 0.667. The summed E-state index contributed by atoms with van der Waals surface area (Å²) < 4.78 is 9.50. The molecule has 0 aliphatic carbocycles. The maximum atomic E-state index is 10.4. The number of carbonyl (C=O) groups excluding carboxylic acids is 1.